The van der Waals surface area contributed by atoms with Crippen molar-refractivity contribution in [3.63, 3.8) is 0 Å². The first kappa shape index (κ1) is 22.4. The Balaban J connectivity index is 0.00000280. The first-order valence-corrected chi connectivity index (χ1v) is 10.1. The van der Waals surface area contributed by atoms with Gasteiger partial charge in [-0.2, -0.15) is 4.31 Å². The topological polar surface area (TPSA) is 93.5 Å². The molecule has 1 saturated heterocycles. The third-order valence-corrected chi connectivity index (χ3v) is 7.01. The number of ether oxygens (including phenoxy) is 1. The van der Waals surface area contributed by atoms with Crippen LogP contribution in [0.1, 0.15) is 33.4 Å². The number of halogens is 1. The van der Waals surface area contributed by atoms with E-state index in [1.54, 1.807) is 32.3 Å². The highest BCUT2D eigenvalue weighted by Crippen LogP contribution is 2.31. The number of sulfonamides is 1. The number of aryl methyl sites for hydroxylation is 2. The number of carbonyl (C=O) groups excluding carboxylic acids is 1. The normalized spacial score (nSPS) is 17.8. The SMILES string of the molecule is COC(=O)c1cc(C)c(C)c(S(=O)(=O)N2CCNCC2c2nccn2C)c1.Cl. The van der Waals surface area contributed by atoms with E-state index in [0.717, 1.165) is 5.56 Å². The van der Waals surface area contributed by atoms with Gasteiger partial charge in [-0.25, -0.2) is 18.2 Å². The summed E-state index contributed by atoms with van der Waals surface area (Å²) in [6, 6.07) is 2.63. The maximum absolute atomic E-state index is 13.5. The molecule has 1 atom stereocenters. The Labute approximate surface area is 171 Å². The fourth-order valence-electron chi connectivity index (χ4n) is 3.35. The van der Waals surface area contributed by atoms with E-state index in [1.807, 2.05) is 11.6 Å². The van der Waals surface area contributed by atoms with Gasteiger partial charge in [-0.1, -0.05) is 0 Å². The Bertz CT molecular complexity index is 974. The zero-order valence-corrected chi connectivity index (χ0v) is 17.9. The summed E-state index contributed by atoms with van der Waals surface area (Å²) in [5.74, 6) is 0.111. The van der Waals surface area contributed by atoms with Gasteiger partial charge in [0.15, 0.2) is 0 Å². The van der Waals surface area contributed by atoms with Crippen molar-refractivity contribution in [1.29, 1.82) is 0 Å². The summed E-state index contributed by atoms with van der Waals surface area (Å²) in [7, 11) is -0.720. The molecule has 1 fully saturated rings. The highest BCUT2D eigenvalue weighted by Gasteiger charge is 2.37. The van der Waals surface area contributed by atoms with Crippen molar-refractivity contribution < 1.29 is 17.9 Å². The zero-order chi connectivity index (χ0) is 19.8. The maximum atomic E-state index is 13.5. The van der Waals surface area contributed by atoms with Crippen LogP contribution in [0, 0.1) is 13.8 Å². The van der Waals surface area contributed by atoms with Gasteiger partial charge in [0, 0.05) is 39.1 Å². The summed E-state index contributed by atoms with van der Waals surface area (Å²) in [6.07, 6.45) is 3.45. The Morgan fingerprint density at radius 2 is 2.04 bits per heavy atom. The number of methoxy groups -OCH3 is 1. The Morgan fingerprint density at radius 3 is 2.64 bits per heavy atom. The molecule has 154 valence electrons. The molecule has 1 unspecified atom stereocenters. The third kappa shape index (κ3) is 3.93. The number of hydrogen-bond donors (Lipinski definition) is 1. The molecule has 0 amide bonds. The Hall–Kier alpha value is -1.94. The maximum Gasteiger partial charge on any atom is 0.337 e. The minimum atomic E-state index is -3.84. The second kappa shape index (κ2) is 8.60. The van der Waals surface area contributed by atoms with E-state index in [4.69, 9.17) is 4.74 Å². The van der Waals surface area contributed by atoms with Crippen LogP contribution >= 0.6 is 12.4 Å². The van der Waals surface area contributed by atoms with Gasteiger partial charge >= 0.3 is 5.97 Å². The van der Waals surface area contributed by atoms with E-state index in [2.05, 4.69) is 10.3 Å². The number of esters is 1. The molecule has 10 heteroatoms. The monoisotopic (exact) mass is 428 g/mol. The lowest BCUT2D eigenvalue weighted by molar-refractivity contribution is 0.0600. The van der Waals surface area contributed by atoms with Crippen molar-refractivity contribution in [2.24, 2.45) is 7.05 Å². The van der Waals surface area contributed by atoms with E-state index >= 15 is 0 Å². The van der Waals surface area contributed by atoms with E-state index in [0.29, 0.717) is 31.0 Å². The molecule has 3 rings (SSSR count). The second-order valence-corrected chi connectivity index (χ2v) is 8.50. The lowest BCUT2D eigenvalue weighted by Crippen LogP contribution is -2.49. The highest BCUT2D eigenvalue weighted by atomic mass is 35.5. The number of nitrogens with one attached hydrogen (secondary N) is 1. The van der Waals surface area contributed by atoms with Crippen molar-refractivity contribution >= 4 is 28.4 Å². The van der Waals surface area contributed by atoms with Crippen LogP contribution in [-0.2, 0) is 21.8 Å². The van der Waals surface area contributed by atoms with Gasteiger partial charge in [0.2, 0.25) is 10.0 Å². The average Bonchev–Trinajstić information content (AvgIpc) is 3.08. The van der Waals surface area contributed by atoms with Crippen molar-refractivity contribution in [3.8, 4) is 0 Å². The van der Waals surface area contributed by atoms with Crippen molar-refractivity contribution in [3.05, 3.63) is 47.0 Å². The van der Waals surface area contributed by atoms with Crippen LogP contribution in [0.2, 0.25) is 0 Å². The molecule has 8 nitrogen and oxygen atoms in total. The van der Waals surface area contributed by atoms with Crippen LogP contribution < -0.4 is 5.32 Å². The Kier molecular flexibility index (Phi) is 6.87. The van der Waals surface area contributed by atoms with Gasteiger partial charge in [-0.05, 0) is 37.1 Å². The highest BCUT2D eigenvalue weighted by molar-refractivity contribution is 7.89. The molecule has 1 aromatic heterocycles. The molecule has 0 saturated carbocycles. The van der Waals surface area contributed by atoms with Crippen molar-refractivity contribution in [1.82, 2.24) is 19.2 Å². The summed E-state index contributed by atoms with van der Waals surface area (Å²) in [5.41, 5.74) is 1.57. The molecule has 1 N–H and O–H groups in total. The van der Waals surface area contributed by atoms with Gasteiger partial charge < -0.3 is 14.6 Å². The molecular weight excluding hydrogens is 404 g/mol. The lowest BCUT2D eigenvalue weighted by atomic mass is 10.1. The van der Waals surface area contributed by atoms with Gasteiger partial charge in [-0.3, -0.25) is 0 Å². The number of benzene rings is 1. The summed E-state index contributed by atoms with van der Waals surface area (Å²) in [5, 5.41) is 3.24. The van der Waals surface area contributed by atoms with Crippen LogP contribution in [0.4, 0.5) is 0 Å². The van der Waals surface area contributed by atoms with Crippen molar-refractivity contribution in [2.45, 2.75) is 24.8 Å². The van der Waals surface area contributed by atoms with E-state index in [-0.39, 0.29) is 22.9 Å². The number of imidazole rings is 1. The fraction of sp³-hybridized carbons (Fsp3) is 0.444. The molecule has 28 heavy (non-hydrogen) atoms. The van der Waals surface area contributed by atoms with Crippen LogP contribution in [0.25, 0.3) is 0 Å². The smallest absolute Gasteiger partial charge is 0.337 e. The molecule has 0 spiro atoms. The number of carbonyl (C=O) groups is 1. The van der Waals surface area contributed by atoms with Crippen LogP contribution in [-0.4, -0.2) is 55.0 Å². The van der Waals surface area contributed by atoms with Crippen LogP contribution in [0.15, 0.2) is 29.4 Å². The number of nitrogens with zero attached hydrogens (tertiary/aromatic N) is 3. The summed E-state index contributed by atoms with van der Waals surface area (Å²) >= 11 is 0. The van der Waals surface area contributed by atoms with E-state index < -0.39 is 22.0 Å². The molecule has 2 aromatic rings. The lowest BCUT2D eigenvalue weighted by Gasteiger charge is -2.35. The number of rotatable bonds is 4. The summed E-state index contributed by atoms with van der Waals surface area (Å²) in [4.78, 5) is 16.4. The van der Waals surface area contributed by atoms with Gasteiger partial charge in [-0.15, -0.1) is 12.4 Å². The average molecular weight is 429 g/mol. The van der Waals surface area contributed by atoms with E-state index in [9.17, 15) is 13.2 Å². The quantitative estimate of drug-likeness (QED) is 0.743. The van der Waals surface area contributed by atoms with Gasteiger partial charge in [0.1, 0.15) is 5.82 Å². The Morgan fingerprint density at radius 1 is 1.32 bits per heavy atom. The number of hydrogen-bond acceptors (Lipinski definition) is 6. The summed E-state index contributed by atoms with van der Waals surface area (Å²) < 4.78 is 35.2. The summed E-state index contributed by atoms with van der Waals surface area (Å²) in [6.45, 7) is 4.88. The number of aromatic nitrogens is 2. The predicted octanol–water partition coefficient (Wildman–Crippen LogP) is 1.58. The molecule has 0 aliphatic carbocycles. The van der Waals surface area contributed by atoms with Crippen molar-refractivity contribution in [2.75, 3.05) is 26.7 Å². The molecule has 1 aliphatic rings. The molecule has 0 radical (unpaired) electrons. The molecule has 2 heterocycles. The molecular formula is C18H25ClN4O4S. The largest absolute Gasteiger partial charge is 0.465 e. The second-order valence-electron chi connectivity index (χ2n) is 6.64. The minimum absolute atomic E-state index is 0. The first-order chi connectivity index (χ1) is 12.8. The van der Waals surface area contributed by atoms with Gasteiger partial charge in [0.25, 0.3) is 0 Å². The fourth-order valence-corrected chi connectivity index (χ4v) is 5.26. The molecule has 1 aliphatic heterocycles. The predicted molar refractivity (Wildman–Crippen MR) is 107 cm³/mol. The van der Waals surface area contributed by atoms with Gasteiger partial charge in [0.05, 0.1) is 23.6 Å². The van der Waals surface area contributed by atoms with Crippen LogP contribution in [0.5, 0.6) is 0 Å². The standard InChI is InChI=1S/C18H24N4O4S.ClH/c1-12-9-14(18(23)26-4)10-16(13(12)2)27(24,25)22-8-5-19-11-15(22)17-20-6-7-21(17)3;/h6-7,9-10,15,19H,5,8,11H2,1-4H3;1H. The van der Waals surface area contributed by atoms with Crippen LogP contribution in [0.3, 0.4) is 0 Å². The minimum Gasteiger partial charge on any atom is -0.465 e. The van der Waals surface area contributed by atoms with E-state index in [1.165, 1.54) is 17.5 Å². The first-order valence-electron chi connectivity index (χ1n) is 8.66. The number of piperazine rings is 1. The zero-order valence-electron chi connectivity index (χ0n) is 16.3. The third-order valence-electron chi connectivity index (χ3n) is 4.98. The molecule has 1 aromatic carbocycles. The molecule has 0 bridgehead atoms.